The maximum Gasteiger partial charge on any atom is 0.305 e. The van der Waals surface area contributed by atoms with E-state index in [0.717, 1.165) is 0 Å². The van der Waals surface area contributed by atoms with E-state index in [0.29, 0.717) is 0 Å². The van der Waals surface area contributed by atoms with Gasteiger partial charge in [-0.2, -0.15) is 0 Å². The summed E-state index contributed by atoms with van der Waals surface area (Å²) in [6.45, 7) is 0.161. The number of nitrogens with zero attached hydrogens (tertiary/aromatic N) is 1. The number of rotatable bonds is 9. The summed E-state index contributed by atoms with van der Waals surface area (Å²) in [7, 11) is 1.53. The highest BCUT2D eigenvalue weighted by Gasteiger charge is 2.37. The fourth-order valence-electron chi connectivity index (χ4n) is 2.42. The number of amides is 2. The molecule has 10 nitrogen and oxygen atoms in total. The Labute approximate surface area is 138 Å². The van der Waals surface area contributed by atoms with Gasteiger partial charge in [0, 0.05) is 32.4 Å². The molecule has 1 heterocycles. The van der Waals surface area contributed by atoms with Crippen molar-refractivity contribution < 1.29 is 34.2 Å². The molecule has 1 fully saturated rings. The van der Waals surface area contributed by atoms with Crippen LogP contribution in [0.5, 0.6) is 0 Å². The minimum atomic E-state index is -1.31. The predicted molar refractivity (Wildman–Crippen MR) is 79.8 cm³/mol. The van der Waals surface area contributed by atoms with Crippen LogP contribution in [0.15, 0.2) is 0 Å². The molecule has 24 heavy (non-hydrogen) atoms. The number of carbonyl (C=O) groups excluding carboxylic acids is 3. The van der Waals surface area contributed by atoms with Crippen LogP contribution in [0.25, 0.3) is 0 Å². The lowest BCUT2D eigenvalue weighted by molar-refractivity contribution is -0.141. The van der Waals surface area contributed by atoms with Crippen molar-refractivity contribution in [3.8, 4) is 0 Å². The van der Waals surface area contributed by atoms with Gasteiger partial charge in [-0.25, -0.2) is 0 Å². The van der Waals surface area contributed by atoms with E-state index in [4.69, 9.17) is 15.9 Å². The predicted octanol–water partition coefficient (Wildman–Crippen LogP) is -1.81. The van der Waals surface area contributed by atoms with E-state index < -0.39 is 48.1 Å². The van der Waals surface area contributed by atoms with Crippen LogP contribution < -0.4 is 11.1 Å². The number of Topliss-reactive ketones (excluding diaryl/α,β-unsaturated/α-hetero) is 1. The molecule has 0 spiro atoms. The first-order chi connectivity index (χ1) is 11.1. The van der Waals surface area contributed by atoms with Crippen LogP contribution in [0.4, 0.5) is 0 Å². The topological polar surface area (TPSA) is 167 Å². The normalized spacial score (nSPS) is 19.7. The monoisotopic (exact) mass is 343 g/mol. The minimum absolute atomic E-state index is 0.0353. The minimum Gasteiger partial charge on any atom is -0.481 e. The zero-order valence-corrected chi connectivity index (χ0v) is 13.2. The van der Waals surface area contributed by atoms with Gasteiger partial charge in [0.05, 0.1) is 18.5 Å². The van der Waals surface area contributed by atoms with Gasteiger partial charge in [-0.3, -0.25) is 24.0 Å². The van der Waals surface area contributed by atoms with E-state index in [1.807, 2.05) is 0 Å². The average Bonchev–Trinajstić information content (AvgIpc) is 2.82. The molecule has 10 heteroatoms. The fourth-order valence-corrected chi connectivity index (χ4v) is 2.42. The van der Waals surface area contributed by atoms with Crippen LogP contribution in [0.2, 0.25) is 0 Å². The highest BCUT2D eigenvalue weighted by molar-refractivity contribution is 5.97. The number of hydrogen-bond acceptors (Lipinski definition) is 6. The second-order valence-corrected chi connectivity index (χ2v) is 5.78. The van der Waals surface area contributed by atoms with Crippen molar-refractivity contribution in [2.45, 2.75) is 37.8 Å². The number of carboxylic acids is 2. The Morgan fingerprint density at radius 2 is 1.92 bits per heavy atom. The Kier molecular flexibility index (Phi) is 6.83. The Morgan fingerprint density at radius 1 is 1.29 bits per heavy atom. The van der Waals surface area contributed by atoms with Crippen LogP contribution in [-0.4, -0.2) is 70.3 Å². The van der Waals surface area contributed by atoms with Crippen LogP contribution in [0, 0.1) is 5.92 Å². The molecule has 3 atom stereocenters. The van der Waals surface area contributed by atoms with E-state index in [1.54, 1.807) is 0 Å². The number of hydrogen-bond donors (Lipinski definition) is 4. The molecule has 1 aliphatic heterocycles. The SMILES string of the molecule is CN1CC(C(=O)[C@H](CC(=O)O)NC(=O)[C@@H](N)CCC(=O)O)CC1=O. The Hall–Kier alpha value is -2.49. The van der Waals surface area contributed by atoms with Gasteiger partial charge in [-0.15, -0.1) is 0 Å². The van der Waals surface area contributed by atoms with E-state index >= 15 is 0 Å². The molecule has 0 aromatic rings. The quantitative estimate of drug-likeness (QED) is 0.380. The van der Waals surface area contributed by atoms with E-state index in [1.165, 1.54) is 11.9 Å². The maximum absolute atomic E-state index is 12.4. The average molecular weight is 343 g/mol. The molecule has 5 N–H and O–H groups in total. The van der Waals surface area contributed by atoms with E-state index in [9.17, 15) is 24.0 Å². The fraction of sp³-hybridized carbons (Fsp3) is 0.643. The van der Waals surface area contributed by atoms with Crippen molar-refractivity contribution in [2.24, 2.45) is 11.7 Å². The number of aliphatic carboxylic acids is 2. The molecule has 2 amide bonds. The van der Waals surface area contributed by atoms with Gasteiger partial charge < -0.3 is 26.2 Å². The number of nitrogens with one attached hydrogen (secondary N) is 1. The largest absolute Gasteiger partial charge is 0.481 e. The molecule has 0 radical (unpaired) electrons. The summed E-state index contributed by atoms with van der Waals surface area (Å²) in [6, 6.07) is -2.48. The van der Waals surface area contributed by atoms with Crippen LogP contribution in [-0.2, 0) is 24.0 Å². The third kappa shape index (κ3) is 5.61. The first-order valence-corrected chi connectivity index (χ1v) is 7.39. The molecule has 1 unspecified atom stereocenters. The van der Waals surface area contributed by atoms with Gasteiger partial charge in [0.15, 0.2) is 5.78 Å². The third-order valence-electron chi connectivity index (χ3n) is 3.79. The molecule has 0 aliphatic carbocycles. The van der Waals surface area contributed by atoms with Crippen molar-refractivity contribution in [1.29, 1.82) is 0 Å². The summed E-state index contributed by atoms with van der Waals surface area (Å²) < 4.78 is 0. The van der Waals surface area contributed by atoms with Crippen molar-refractivity contribution in [3.63, 3.8) is 0 Å². The summed E-state index contributed by atoms with van der Waals surface area (Å²) >= 11 is 0. The zero-order valence-electron chi connectivity index (χ0n) is 13.2. The van der Waals surface area contributed by atoms with Crippen LogP contribution >= 0.6 is 0 Å². The molecule has 0 aromatic heterocycles. The highest BCUT2D eigenvalue weighted by atomic mass is 16.4. The molecule has 0 bridgehead atoms. The summed E-state index contributed by atoms with van der Waals surface area (Å²) in [5, 5.41) is 19.7. The van der Waals surface area contributed by atoms with Gasteiger partial charge in [0.1, 0.15) is 0 Å². The number of carboxylic acid groups (broad SMARTS) is 2. The smallest absolute Gasteiger partial charge is 0.305 e. The molecule has 0 saturated carbocycles. The number of nitrogens with two attached hydrogens (primary N) is 1. The molecule has 134 valence electrons. The van der Waals surface area contributed by atoms with Crippen molar-refractivity contribution in [2.75, 3.05) is 13.6 Å². The van der Waals surface area contributed by atoms with E-state index in [-0.39, 0.29) is 31.7 Å². The number of likely N-dealkylation sites (tertiary alicyclic amines) is 1. The summed E-state index contributed by atoms with van der Waals surface area (Å²) in [6.07, 6.45) is -1.13. The second kappa shape index (κ2) is 8.39. The third-order valence-corrected chi connectivity index (χ3v) is 3.79. The van der Waals surface area contributed by atoms with Crippen LogP contribution in [0.1, 0.15) is 25.7 Å². The molecule has 1 rings (SSSR count). The van der Waals surface area contributed by atoms with Crippen LogP contribution in [0.3, 0.4) is 0 Å². The molecular weight excluding hydrogens is 322 g/mol. The lowest BCUT2D eigenvalue weighted by Gasteiger charge is -2.21. The van der Waals surface area contributed by atoms with Crippen molar-refractivity contribution in [3.05, 3.63) is 0 Å². The molecule has 0 aromatic carbocycles. The number of ketones is 1. The highest BCUT2D eigenvalue weighted by Crippen LogP contribution is 2.19. The Bertz CT molecular complexity index is 548. The lowest BCUT2D eigenvalue weighted by atomic mass is 9.94. The first kappa shape index (κ1) is 19.6. The summed E-state index contributed by atoms with van der Waals surface area (Å²) in [4.78, 5) is 58.6. The van der Waals surface area contributed by atoms with Crippen molar-refractivity contribution >= 4 is 29.5 Å². The maximum atomic E-state index is 12.4. The first-order valence-electron chi connectivity index (χ1n) is 7.39. The Morgan fingerprint density at radius 3 is 2.38 bits per heavy atom. The summed E-state index contributed by atoms with van der Waals surface area (Å²) in [5.41, 5.74) is 5.55. The summed E-state index contributed by atoms with van der Waals surface area (Å²) in [5.74, 6) is -4.67. The molecular formula is C14H21N3O7. The van der Waals surface area contributed by atoms with Gasteiger partial charge in [-0.1, -0.05) is 0 Å². The molecule has 1 aliphatic rings. The van der Waals surface area contributed by atoms with Gasteiger partial charge in [-0.05, 0) is 6.42 Å². The second-order valence-electron chi connectivity index (χ2n) is 5.78. The van der Waals surface area contributed by atoms with Gasteiger partial charge in [0.2, 0.25) is 11.8 Å². The number of carbonyl (C=O) groups is 5. The van der Waals surface area contributed by atoms with Crippen molar-refractivity contribution in [1.82, 2.24) is 10.2 Å². The Balaban J connectivity index is 2.72. The van der Waals surface area contributed by atoms with Gasteiger partial charge >= 0.3 is 11.9 Å². The standard InChI is InChI=1S/C14H21N3O7/c1-17-6-7(4-10(17)18)13(23)9(5-12(21)22)16-14(24)8(15)2-3-11(19)20/h7-9H,2-6,15H2,1H3,(H,16,24)(H,19,20)(H,21,22)/t7?,8-,9-/m0/s1. The molecule has 1 saturated heterocycles. The van der Waals surface area contributed by atoms with E-state index in [2.05, 4.69) is 5.32 Å². The zero-order chi connectivity index (χ0) is 18.4. The lowest BCUT2D eigenvalue weighted by Crippen LogP contribution is -2.50. The van der Waals surface area contributed by atoms with Gasteiger partial charge in [0.25, 0.3) is 0 Å².